The minimum absolute atomic E-state index is 0.710. The molecule has 1 heterocycles. The molecule has 52 heavy (non-hydrogen) atoms. The molecule has 9 rings (SSSR count). The van der Waals surface area contributed by atoms with Crippen molar-refractivity contribution in [2.75, 3.05) is 0 Å². The van der Waals surface area contributed by atoms with Gasteiger partial charge < -0.3 is 0 Å². The second-order valence-corrected chi connectivity index (χ2v) is 13.0. The molecule has 1 aromatic heterocycles. The number of aromatic nitrogens is 2. The van der Waals surface area contributed by atoms with Crippen molar-refractivity contribution in [2.24, 2.45) is 0 Å². The predicted molar refractivity (Wildman–Crippen MR) is 218 cm³/mol. The average molecular weight is 663 g/mol. The summed E-state index contributed by atoms with van der Waals surface area (Å²) in [5, 5.41) is 1.04. The molecule has 0 aliphatic heterocycles. The van der Waals surface area contributed by atoms with Gasteiger partial charge in [-0.2, -0.15) is 0 Å². The SMILES string of the molecule is c1ccc(-c2ccc(-c3nc(-c4cccc(-c5cccc(-c6ccccc6-c6ccccc6-c6ccccc6)c5)c4)nc4ccccc34)cc2)cc1. The molecule has 2 heteroatoms. The Hall–Kier alpha value is -6.90. The minimum Gasteiger partial charge on any atom is -0.228 e. The molecule has 0 unspecified atom stereocenters. The van der Waals surface area contributed by atoms with Gasteiger partial charge in [0.1, 0.15) is 0 Å². The number of hydrogen-bond acceptors (Lipinski definition) is 2. The van der Waals surface area contributed by atoms with Crippen LogP contribution in [0.15, 0.2) is 206 Å². The van der Waals surface area contributed by atoms with Crippen molar-refractivity contribution < 1.29 is 0 Å². The van der Waals surface area contributed by atoms with Gasteiger partial charge in [-0.1, -0.05) is 188 Å². The first-order chi connectivity index (χ1) is 25.8. The maximum atomic E-state index is 5.21. The quantitative estimate of drug-likeness (QED) is 0.170. The predicted octanol–water partition coefficient (Wildman–Crippen LogP) is 13.3. The van der Waals surface area contributed by atoms with E-state index in [1.54, 1.807) is 0 Å². The molecular weight excluding hydrogens is 629 g/mol. The van der Waals surface area contributed by atoms with E-state index in [4.69, 9.17) is 9.97 Å². The van der Waals surface area contributed by atoms with Crippen LogP contribution in [0.2, 0.25) is 0 Å². The summed E-state index contributed by atoms with van der Waals surface area (Å²) < 4.78 is 0. The van der Waals surface area contributed by atoms with Crippen LogP contribution in [0.4, 0.5) is 0 Å². The maximum absolute atomic E-state index is 5.21. The molecule has 0 atom stereocenters. The highest BCUT2D eigenvalue weighted by Gasteiger charge is 2.15. The van der Waals surface area contributed by atoms with Crippen molar-refractivity contribution in [2.45, 2.75) is 0 Å². The van der Waals surface area contributed by atoms with Crippen LogP contribution in [0.25, 0.3) is 89.2 Å². The van der Waals surface area contributed by atoms with Crippen LogP contribution in [0.1, 0.15) is 0 Å². The number of para-hydroxylation sites is 1. The topological polar surface area (TPSA) is 25.8 Å². The Morgan fingerprint density at radius 3 is 1.37 bits per heavy atom. The van der Waals surface area contributed by atoms with Crippen molar-refractivity contribution in [1.29, 1.82) is 0 Å². The fraction of sp³-hybridized carbons (Fsp3) is 0. The molecular formula is C50H34N2. The van der Waals surface area contributed by atoms with Gasteiger partial charge in [0.05, 0.1) is 11.2 Å². The molecule has 0 bridgehead atoms. The number of rotatable bonds is 7. The van der Waals surface area contributed by atoms with E-state index in [9.17, 15) is 0 Å². The van der Waals surface area contributed by atoms with Gasteiger partial charge in [0.25, 0.3) is 0 Å². The summed E-state index contributed by atoms with van der Waals surface area (Å²) >= 11 is 0. The van der Waals surface area contributed by atoms with Crippen LogP contribution >= 0.6 is 0 Å². The monoisotopic (exact) mass is 662 g/mol. The lowest BCUT2D eigenvalue weighted by molar-refractivity contribution is 1.23. The molecule has 0 aliphatic rings. The lowest BCUT2D eigenvalue weighted by atomic mass is 9.88. The summed E-state index contributed by atoms with van der Waals surface area (Å²) in [7, 11) is 0. The molecule has 0 saturated carbocycles. The van der Waals surface area contributed by atoms with Crippen molar-refractivity contribution >= 4 is 10.9 Å². The zero-order valence-corrected chi connectivity index (χ0v) is 28.5. The highest BCUT2D eigenvalue weighted by Crippen LogP contribution is 2.39. The molecule has 0 radical (unpaired) electrons. The Bertz CT molecular complexity index is 2660. The first kappa shape index (κ1) is 31.1. The molecule has 8 aromatic carbocycles. The maximum Gasteiger partial charge on any atom is 0.160 e. The number of nitrogens with zero attached hydrogens (tertiary/aromatic N) is 2. The molecule has 0 N–H and O–H groups in total. The van der Waals surface area contributed by atoms with Gasteiger partial charge in [0.2, 0.25) is 0 Å². The van der Waals surface area contributed by atoms with Crippen molar-refractivity contribution in [3.8, 4) is 78.3 Å². The third kappa shape index (κ3) is 6.08. The van der Waals surface area contributed by atoms with E-state index in [0.717, 1.165) is 38.9 Å². The standard InChI is InChI=1S/C50H34N2/c1-3-15-35(16-4-1)36-29-31-38(32-30-36)49-47-27-11-12-28-48(47)51-50(52-49)42-22-14-20-40(34-42)39-19-13-21-41(33-39)44-24-8-10-26-46(44)45-25-9-7-23-43(45)37-17-5-2-6-18-37/h1-34H. The van der Waals surface area contributed by atoms with E-state index in [-0.39, 0.29) is 0 Å². The largest absolute Gasteiger partial charge is 0.228 e. The smallest absolute Gasteiger partial charge is 0.160 e. The second-order valence-electron chi connectivity index (χ2n) is 13.0. The summed E-state index contributed by atoms with van der Waals surface area (Å²) in [4.78, 5) is 10.3. The Kier molecular flexibility index (Phi) is 8.24. The van der Waals surface area contributed by atoms with Crippen LogP contribution in [0.5, 0.6) is 0 Å². The van der Waals surface area contributed by atoms with Crippen LogP contribution in [-0.2, 0) is 0 Å². The van der Waals surface area contributed by atoms with Crippen LogP contribution < -0.4 is 0 Å². The molecule has 244 valence electrons. The van der Waals surface area contributed by atoms with Crippen molar-refractivity contribution in [1.82, 2.24) is 9.97 Å². The molecule has 0 fully saturated rings. The van der Waals surface area contributed by atoms with Gasteiger partial charge in [-0.25, -0.2) is 9.97 Å². The van der Waals surface area contributed by atoms with Crippen LogP contribution in [-0.4, -0.2) is 9.97 Å². The van der Waals surface area contributed by atoms with Gasteiger partial charge >= 0.3 is 0 Å². The zero-order valence-electron chi connectivity index (χ0n) is 28.5. The summed E-state index contributed by atoms with van der Waals surface area (Å²) in [5.41, 5.74) is 15.8. The lowest BCUT2D eigenvalue weighted by Gasteiger charge is -2.15. The molecule has 9 aromatic rings. The number of fused-ring (bicyclic) bond motifs is 1. The molecule has 2 nitrogen and oxygen atoms in total. The van der Waals surface area contributed by atoms with Crippen LogP contribution in [0.3, 0.4) is 0 Å². The van der Waals surface area contributed by atoms with Gasteiger partial charge in [0.15, 0.2) is 5.82 Å². The Labute approximate surface area is 304 Å². The molecule has 0 spiro atoms. The third-order valence-corrected chi connectivity index (χ3v) is 9.73. The van der Waals surface area contributed by atoms with E-state index in [0.29, 0.717) is 5.82 Å². The second kappa shape index (κ2) is 13.8. The summed E-state index contributed by atoms with van der Waals surface area (Å²) in [6.07, 6.45) is 0. The molecule has 0 amide bonds. The summed E-state index contributed by atoms with van der Waals surface area (Å²) in [5.74, 6) is 0.710. The highest BCUT2D eigenvalue weighted by molar-refractivity contribution is 5.95. The normalized spacial score (nSPS) is 11.1. The van der Waals surface area contributed by atoms with Crippen molar-refractivity contribution in [3.05, 3.63) is 206 Å². The Morgan fingerprint density at radius 1 is 0.250 bits per heavy atom. The minimum atomic E-state index is 0.710. The van der Waals surface area contributed by atoms with Gasteiger partial charge in [-0.05, 0) is 73.8 Å². The first-order valence-corrected chi connectivity index (χ1v) is 17.7. The lowest BCUT2D eigenvalue weighted by Crippen LogP contribution is -1.95. The van der Waals surface area contributed by atoms with Gasteiger partial charge in [-0.15, -0.1) is 0 Å². The summed E-state index contributed by atoms with van der Waals surface area (Å²) in [6.45, 7) is 0. The van der Waals surface area contributed by atoms with E-state index >= 15 is 0 Å². The van der Waals surface area contributed by atoms with E-state index in [1.165, 1.54) is 44.5 Å². The van der Waals surface area contributed by atoms with E-state index < -0.39 is 0 Å². The fourth-order valence-corrected chi connectivity index (χ4v) is 7.14. The van der Waals surface area contributed by atoms with E-state index in [1.807, 2.05) is 12.1 Å². The highest BCUT2D eigenvalue weighted by atomic mass is 14.9. The first-order valence-electron chi connectivity index (χ1n) is 17.7. The van der Waals surface area contributed by atoms with Gasteiger partial charge in [-0.3, -0.25) is 0 Å². The fourth-order valence-electron chi connectivity index (χ4n) is 7.14. The Morgan fingerprint density at radius 2 is 0.692 bits per heavy atom. The summed E-state index contributed by atoms with van der Waals surface area (Å²) in [6, 6.07) is 72.9. The van der Waals surface area contributed by atoms with Crippen LogP contribution in [0, 0.1) is 0 Å². The van der Waals surface area contributed by atoms with Gasteiger partial charge in [0, 0.05) is 16.5 Å². The average Bonchev–Trinajstić information content (AvgIpc) is 3.24. The molecule has 0 saturated heterocycles. The van der Waals surface area contributed by atoms with E-state index in [2.05, 4.69) is 194 Å². The molecule has 0 aliphatic carbocycles. The Balaban J connectivity index is 1.09. The zero-order chi connectivity index (χ0) is 34.7. The number of hydrogen-bond donors (Lipinski definition) is 0. The third-order valence-electron chi connectivity index (χ3n) is 9.73. The van der Waals surface area contributed by atoms with Crippen molar-refractivity contribution in [3.63, 3.8) is 0 Å². The number of benzene rings is 8.